The van der Waals surface area contributed by atoms with Crippen LogP contribution in [0.3, 0.4) is 0 Å². The molecule has 0 unspecified atom stereocenters. The standard InChI is InChI=1S/C13H21N3O3/c1-9-10(7-12(19-9)13(17)15-14)8-16(2)11-3-5-18-6-4-11/h7,11H,3-6,8,14H2,1-2H3,(H,15,17). The number of rotatable bonds is 4. The van der Waals surface area contributed by atoms with E-state index in [2.05, 4.69) is 17.4 Å². The van der Waals surface area contributed by atoms with Gasteiger partial charge in [0.2, 0.25) is 0 Å². The number of nitrogens with zero attached hydrogens (tertiary/aromatic N) is 1. The quantitative estimate of drug-likeness (QED) is 0.479. The van der Waals surface area contributed by atoms with Crippen LogP contribution in [0.1, 0.15) is 34.7 Å². The summed E-state index contributed by atoms with van der Waals surface area (Å²) in [6, 6.07) is 2.28. The van der Waals surface area contributed by atoms with Crippen molar-refractivity contribution in [2.24, 2.45) is 5.84 Å². The number of hydrazine groups is 1. The molecular weight excluding hydrogens is 246 g/mol. The highest BCUT2D eigenvalue weighted by Gasteiger charge is 2.21. The van der Waals surface area contributed by atoms with Crippen LogP contribution in [0.15, 0.2) is 10.5 Å². The number of furan rings is 1. The molecule has 0 bridgehead atoms. The van der Waals surface area contributed by atoms with E-state index in [1.165, 1.54) is 0 Å². The fourth-order valence-electron chi connectivity index (χ4n) is 2.38. The molecule has 6 heteroatoms. The van der Waals surface area contributed by atoms with Crippen LogP contribution in [0.2, 0.25) is 0 Å². The van der Waals surface area contributed by atoms with Crippen molar-refractivity contribution in [1.82, 2.24) is 10.3 Å². The van der Waals surface area contributed by atoms with E-state index in [4.69, 9.17) is 15.0 Å². The Bertz CT molecular complexity index is 438. The fourth-order valence-corrected chi connectivity index (χ4v) is 2.38. The van der Waals surface area contributed by atoms with Gasteiger partial charge in [0.05, 0.1) is 0 Å². The van der Waals surface area contributed by atoms with Crippen LogP contribution >= 0.6 is 0 Å². The van der Waals surface area contributed by atoms with E-state index in [-0.39, 0.29) is 5.76 Å². The van der Waals surface area contributed by atoms with Gasteiger partial charge in [-0.1, -0.05) is 0 Å². The Morgan fingerprint density at radius 3 is 2.84 bits per heavy atom. The maximum Gasteiger partial charge on any atom is 0.300 e. The first-order chi connectivity index (χ1) is 9.11. The Hall–Kier alpha value is -1.37. The molecule has 0 atom stereocenters. The maximum absolute atomic E-state index is 11.4. The van der Waals surface area contributed by atoms with Gasteiger partial charge in [-0.15, -0.1) is 0 Å². The van der Waals surface area contributed by atoms with Gasteiger partial charge in [0, 0.05) is 31.4 Å². The topological polar surface area (TPSA) is 80.7 Å². The van der Waals surface area contributed by atoms with E-state index < -0.39 is 5.91 Å². The SMILES string of the molecule is Cc1oc(C(=O)NN)cc1CN(C)C1CCOCC1. The molecule has 106 valence electrons. The van der Waals surface area contributed by atoms with Gasteiger partial charge < -0.3 is 9.15 Å². The Morgan fingerprint density at radius 1 is 1.53 bits per heavy atom. The van der Waals surface area contributed by atoms with Crippen molar-refractivity contribution in [2.45, 2.75) is 32.4 Å². The van der Waals surface area contributed by atoms with Crippen LogP contribution in [0.25, 0.3) is 0 Å². The molecule has 1 saturated heterocycles. The third-order valence-electron chi connectivity index (χ3n) is 3.61. The van der Waals surface area contributed by atoms with Crippen molar-refractivity contribution in [3.05, 3.63) is 23.2 Å². The van der Waals surface area contributed by atoms with Crippen LogP contribution in [0, 0.1) is 6.92 Å². The first-order valence-electron chi connectivity index (χ1n) is 6.50. The average molecular weight is 267 g/mol. The summed E-state index contributed by atoms with van der Waals surface area (Å²) < 4.78 is 10.8. The van der Waals surface area contributed by atoms with Crippen LogP contribution in [0.5, 0.6) is 0 Å². The van der Waals surface area contributed by atoms with E-state index >= 15 is 0 Å². The van der Waals surface area contributed by atoms with E-state index in [9.17, 15) is 4.79 Å². The Balaban J connectivity index is 2.01. The Labute approximate surface area is 112 Å². The van der Waals surface area contributed by atoms with Gasteiger partial charge in [-0.3, -0.25) is 15.1 Å². The van der Waals surface area contributed by atoms with Crippen molar-refractivity contribution in [2.75, 3.05) is 20.3 Å². The van der Waals surface area contributed by atoms with Gasteiger partial charge in [0.15, 0.2) is 5.76 Å². The molecule has 19 heavy (non-hydrogen) atoms. The predicted octanol–water partition coefficient (Wildman–Crippen LogP) is 0.802. The molecule has 1 aromatic rings. The molecule has 1 amide bonds. The number of carbonyl (C=O) groups is 1. The van der Waals surface area contributed by atoms with Gasteiger partial charge in [0.1, 0.15) is 5.76 Å². The van der Waals surface area contributed by atoms with Gasteiger partial charge in [0.25, 0.3) is 0 Å². The highest BCUT2D eigenvalue weighted by atomic mass is 16.5. The zero-order chi connectivity index (χ0) is 13.8. The molecule has 0 saturated carbocycles. The molecular formula is C13H21N3O3. The molecule has 2 rings (SSSR count). The zero-order valence-electron chi connectivity index (χ0n) is 11.4. The second kappa shape index (κ2) is 6.18. The van der Waals surface area contributed by atoms with Gasteiger partial charge in [-0.2, -0.15) is 0 Å². The summed E-state index contributed by atoms with van der Waals surface area (Å²) in [6.45, 7) is 4.26. The van der Waals surface area contributed by atoms with Crippen molar-refractivity contribution in [1.29, 1.82) is 0 Å². The predicted molar refractivity (Wildman–Crippen MR) is 70.4 cm³/mol. The first-order valence-corrected chi connectivity index (χ1v) is 6.50. The minimum Gasteiger partial charge on any atom is -0.456 e. The molecule has 0 spiro atoms. The Kier molecular flexibility index (Phi) is 4.57. The lowest BCUT2D eigenvalue weighted by Gasteiger charge is -2.30. The summed E-state index contributed by atoms with van der Waals surface area (Å²) in [7, 11) is 2.09. The maximum atomic E-state index is 11.4. The number of amides is 1. The van der Waals surface area contributed by atoms with Crippen molar-refractivity contribution < 1.29 is 13.9 Å². The molecule has 1 fully saturated rings. The number of aryl methyl sites for hydroxylation is 1. The summed E-state index contributed by atoms with van der Waals surface area (Å²) in [5, 5.41) is 0. The Morgan fingerprint density at radius 2 is 2.21 bits per heavy atom. The molecule has 1 aliphatic rings. The number of ether oxygens (including phenoxy) is 1. The molecule has 1 aliphatic heterocycles. The lowest BCUT2D eigenvalue weighted by molar-refractivity contribution is 0.0406. The summed E-state index contributed by atoms with van der Waals surface area (Å²) in [4.78, 5) is 13.7. The number of nitrogens with two attached hydrogens (primary N) is 1. The second-order valence-corrected chi connectivity index (χ2v) is 4.92. The summed E-state index contributed by atoms with van der Waals surface area (Å²) >= 11 is 0. The minimum atomic E-state index is -0.400. The van der Waals surface area contributed by atoms with E-state index in [0.29, 0.717) is 6.04 Å². The van der Waals surface area contributed by atoms with Gasteiger partial charge in [-0.25, -0.2) is 5.84 Å². The number of nitrogen functional groups attached to an aromatic ring is 1. The lowest BCUT2D eigenvalue weighted by Crippen LogP contribution is -2.36. The van der Waals surface area contributed by atoms with E-state index in [1.807, 2.05) is 6.92 Å². The average Bonchev–Trinajstić information content (AvgIpc) is 2.80. The zero-order valence-corrected chi connectivity index (χ0v) is 11.4. The third-order valence-corrected chi connectivity index (χ3v) is 3.61. The normalized spacial score (nSPS) is 16.8. The fraction of sp³-hybridized carbons (Fsp3) is 0.615. The van der Waals surface area contributed by atoms with Crippen molar-refractivity contribution in [3.8, 4) is 0 Å². The highest BCUT2D eigenvalue weighted by molar-refractivity contribution is 5.91. The molecule has 1 aromatic heterocycles. The third kappa shape index (κ3) is 3.34. The molecule has 0 aromatic carbocycles. The smallest absolute Gasteiger partial charge is 0.300 e. The van der Waals surface area contributed by atoms with Gasteiger partial charge >= 0.3 is 5.91 Å². The van der Waals surface area contributed by atoms with E-state index in [0.717, 1.165) is 43.9 Å². The molecule has 0 radical (unpaired) electrons. The van der Waals surface area contributed by atoms with Crippen molar-refractivity contribution >= 4 is 5.91 Å². The van der Waals surface area contributed by atoms with Crippen molar-refractivity contribution in [3.63, 3.8) is 0 Å². The van der Waals surface area contributed by atoms with Crippen LogP contribution in [0.4, 0.5) is 0 Å². The van der Waals surface area contributed by atoms with Crippen LogP contribution in [-0.2, 0) is 11.3 Å². The first kappa shape index (κ1) is 14.0. The second-order valence-electron chi connectivity index (χ2n) is 4.92. The molecule has 0 aliphatic carbocycles. The number of carbonyl (C=O) groups excluding carboxylic acids is 1. The minimum absolute atomic E-state index is 0.260. The van der Waals surface area contributed by atoms with Crippen LogP contribution in [-0.4, -0.2) is 37.1 Å². The van der Waals surface area contributed by atoms with E-state index in [1.54, 1.807) is 6.07 Å². The molecule has 6 nitrogen and oxygen atoms in total. The highest BCUT2D eigenvalue weighted by Crippen LogP contribution is 2.20. The summed E-state index contributed by atoms with van der Waals surface area (Å²) in [5.41, 5.74) is 3.10. The molecule has 3 N–H and O–H groups in total. The summed E-state index contributed by atoms with van der Waals surface area (Å²) in [5.74, 6) is 5.72. The van der Waals surface area contributed by atoms with Gasteiger partial charge in [-0.05, 0) is 32.9 Å². The summed E-state index contributed by atoms with van der Waals surface area (Å²) in [6.07, 6.45) is 2.09. The number of hydrogen-bond acceptors (Lipinski definition) is 5. The molecule has 2 heterocycles. The van der Waals surface area contributed by atoms with Crippen LogP contribution < -0.4 is 11.3 Å². The lowest BCUT2D eigenvalue weighted by atomic mass is 10.1. The largest absolute Gasteiger partial charge is 0.456 e. The number of nitrogens with one attached hydrogen (secondary N) is 1. The number of hydrogen-bond donors (Lipinski definition) is 2. The monoisotopic (exact) mass is 267 g/mol.